The Balaban J connectivity index is 0.000000247. The molecule has 46 heavy (non-hydrogen) atoms. The fourth-order valence-corrected chi connectivity index (χ4v) is 5.32. The van der Waals surface area contributed by atoms with Crippen molar-refractivity contribution in [3.63, 3.8) is 0 Å². The minimum Gasteiger partial charge on any atom is -0.456 e. The van der Waals surface area contributed by atoms with Crippen molar-refractivity contribution in [2.45, 2.75) is 32.1 Å². The predicted octanol–water partition coefficient (Wildman–Crippen LogP) is 9.98. The highest BCUT2D eigenvalue weighted by Gasteiger charge is 2.30. The second-order valence-corrected chi connectivity index (χ2v) is 11.4. The average molecular weight is 711 g/mol. The van der Waals surface area contributed by atoms with Crippen LogP contribution in [0.1, 0.15) is 18.4 Å². The van der Waals surface area contributed by atoms with E-state index in [0.717, 1.165) is 60.1 Å². The molecule has 240 valence electrons. The molecule has 0 fully saturated rings. The third kappa shape index (κ3) is 8.14. The molecule has 15 heteroatoms. The number of aryl methyl sites for hydroxylation is 2. The van der Waals surface area contributed by atoms with Gasteiger partial charge in [0.15, 0.2) is 11.0 Å². The van der Waals surface area contributed by atoms with E-state index in [9.17, 15) is 13.2 Å². The average Bonchev–Trinajstić information content (AvgIpc) is 3.66. The van der Waals surface area contributed by atoms with Crippen LogP contribution in [0.4, 0.5) is 24.7 Å². The summed E-state index contributed by atoms with van der Waals surface area (Å²) in [5.74, 6) is 2.05. The summed E-state index contributed by atoms with van der Waals surface area (Å²) in [6.45, 7) is 1.57. The lowest BCUT2D eigenvalue weighted by Gasteiger charge is -2.13. The summed E-state index contributed by atoms with van der Waals surface area (Å²) in [6, 6.07) is 13.3. The van der Waals surface area contributed by atoms with Crippen LogP contribution in [0.25, 0.3) is 22.1 Å². The number of nitrogens with one attached hydrogen (secondary N) is 1. The minimum absolute atomic E-state index is 0.0389. The SMILES string of the molecule is ClCCCn1ccc2ncnc(Cl)c21.FC(F)(F)c1cccc(Oc2ccc(Nc3ncnc4ccn(CCCCl)c34)cc2Cl)c1. The van der Waals surface area contributed by atoms with Gasteiger partial charge in [-0.05, 0) is 61.4 Å². The van der Waals surface area contributed by atoms with Gasteiger partial charge < -0.3 is 19.2 Å². The molecule has 2 aromatic carbocycles. The van der Waals surface area contributed by atoms with Gasteiger partial charge in [-0.2, -0.15) is 13.2 Å². The first-order valence-corrected chi connectivity index (χ1v) is 15.8. The van der Waals surface area contributed by atoms with Crippen molar-refractivity contribution in [3.8, 4) is 11.5 Å². The fraction of sp³-hybridized carbons (Fsp3) is 0.226. The number of benzene rings is 2. The fourth-order valence-electron chi connectivity index (χ4n) is 4.61. The van der Waals surface area contributed by atoms with Crippen molar-refractivity contribution in [3.05, 3.63) is 95.4 Å². The molecule has 0 unspecified atom stereocenters. The number of hydrogen-bond donors (Lipinski definition) is 1. The molecular formula is C31H26Cl4F3N7O. The van der Waals surface area contributed by atoms with Gasteiger partial charge in [0.1, 0.15) is 35.2 Å². The predicted molar refractivity (Wildman–Crippen MR) is 177 cm³/mol. The monoisotopic (exact) mass is 709 g/mol. The summed E-state index contributed by atoms with van der Waals surface area (Å²) in [4.78, 5) is 16.7. The zero-order valence-corrected chi connectivity index (χ0v) is 27.0. The third-order valence-electron chi connectivity index (χ3n) is 6.70. The van der Waals surface area contributed by atoms with Crippen molar-refractivity contribution in [2.24, 2.45) is 0 Å². The molecule has 0 aliphatic rings. The van der Waals surface area contributed by atoms with Gasteiger partial charge in [-0.15, -0.1) is 23.2 Å². The molecule has 0 radical (unpaired) electrons. The number of hydrogen-bond acceptors (Lipinski definition) is 6. The second kappa shape index (κ2) is 15.2. The largest absolute Gasteiger partial charge is 0.456 e. The van der Waals surface area contributed by atoms with E-state index in [0.29, 0.717) is 28.4 Å². The summed E-state index contributed by atoms with van der Waals surface area (Å²) >= 11 is 23.8. The molecule has 0 atom stereocenters. The Morgan fingerprint density at radius 2 is 1.41 bits per heavy atom. The van der Waals surface area contributed by atoms with Gasteiger partial charge >= 0.3 is 6.18 Å². The zero-order chi connectivity index (χ0) is 32.7. The number of ether oxygens (including phenoxy) is 1. The van der Waals surface area contributed by atoms with Crippen molar-refractivity contribution in [1.82, 2.24) is 29.1 Å². The van der Waals surface area contributed by atoms with E-state index in [1.54, 1.807) is 18.2 Å². The standard InChI is InChI=1S/C22H17Cl2F3N4O.C9H9Cl2N3/c23-8-2-9-31-10-7-18-20(31)21(29-13-28-18)30-15-5-6-19(17(24)12-15)32-16-4-1-3-14(11-16)22(25,26)27;10-3-1-4-14-5-2-7-8(14)9(11)13-6-12-7/h1,3-7,10-13H,2,8-9H2,(H,28,29,30);2,5-6H,1,3-4H2. The lowest BCUT2D eigenvalue weighted by molar-refractivity contribution is -0.137. The van der Waals surface area contributed by atoms with Crippen LogP contribution in [0.15, 0.2) is 79.6 Å². The minimum atomic E-state index is -4.46. The van der Waals surface area contributed by atoms with E-state index >= 15 is 0 Å². The quantitative estimate of drug-likeness (QED) is 0.113. The zero-order valence-electron chi connectivity index (χ0n) is 24.0. The summed E-state index contributed by atoms with van der Waals surface area (Å²) < 4.78 is 48.4. The van der Waals surface area contributed by atoms with Crippen LogP contribution in [-0.4, -0.2) is 40.8 Å². The van der Waals surface area contributed by atoms with E-state index in [2.05, 4.69) is 25.3 Å². The number of alkyl halides is 5. The number of fused-ring (bicyclic) bond motifs is 2. The van der Waals surface area contributed by atoms with Crippen molar-refractivity contribution < 1.29 is 17.9 Å². The first-order chi connectivity index (χ1) is 22.2. The van der Waals surface area contributed by atoms with Gasteiger partial charge in [0.05, 0.1) is 21.6 Å². The molecule has 1 N–H and O–H groups in total. The Bertz CT molecular complexity index is 1930. The van der Waals surface area contributed by atoms with E-state index in [1.165, 1.54) is 24.8 Å². The van der Waals surface area contributed by atoms with Crippen LogP contribution in [0.5, 0.6) is 11.5 Å². The summed E-state index contributed by atoms with van der Waals surface area (Å²) in [5.41, 5.74) is 3.22. The first kappa shape index (κ1) is 33.6. The Labute approximate surface area is 282 Å². The van der Waals surface area contributed by atoms with Crippen LogP contribution in [0.3, 0.4) is 0 Å². The third-order valence-corrected chi connectivity index (χ3v) is 7.81. The van der Waals surface area contributed by atoms with Crippen LogP contribution in [0, 0.1) is 0 Å². The molecule has 8 nitrogen and oxygen atoms in total. The number of aromatic nitrogens is 6. The van der Waals surface area contributed by atoms with Crippen LogP contribution in [-0.2, 0) is 19.3 Å². The van der Waals surface area contributed by atoms with Crippen LogP contribution >= 0.6 is 46.4 Å². The highest BCUT2D eigenvalue weighted by Crippen LogP contribution is 2.36. The van der Waals surface area contributed by atoms with Crippen molar-refractivity contribution in [1.29, 1.82) is 0 Å². The molecule has 6 aromatic rings. The molecule has 0 aliphatic heterocycles. The highest BCUT2D eigenvalue weighted by molar-refractivity contribution is 6.33. The molecule has 0 saturated heterocycles. The van der Waals surface area contributed by atoms with Gasteiger partial charge in [-0.3, -0.25) is 0 Å². The van der Waals surface area contributed by atoms with Gasteiger partial charge in [-0.25, -0.2) is 19.9 Å². The number of halogens is 7. The van der Waals surface area contributed by atoms with Crippen molar-refractivity contribution in [2.75, 3.05) is 17.1 Å². The van der Waals surface area contributed by atoms with Crippen LogP contribution in [0.2, 0.25) is 10.2 Å². The lowest BCUT2D eigenvalue weighted by atomic mass is 10.2. The van der Waals surface area contributed by atoms with Gasteiger partial charge in [0.2, 0.25) is 0 Å². The highest BCUT2D eigenvalue weighted by atomic mass is 35.5. The van der Waals surface area contributed by atoms with E-state index < -0.39 is 11.7 Å². The summed E-state index contributed by atoms with van der Waals surface area (Å²) in [5, 5.41) is 3.94. The molecule has 4 aromatic heterocycles. The maximum Gasteiger partial charge on any atom is 0.416 e. The normalized spacial score (nSPS) is 11.5. The number of nitrogens with zero attached hydrogens (tertiary/aromatic N) is 6. The maximum atomic E-state index is 12.9. The van der Waals surface area contributed by atoms with Crippen molar-refractivity contribution >= 4 is 80.0 Å². The second-order valence-electron chi connectivity index (χ2n) is 9.86. The van der Waals surface area contributed by atoms with Gasteiger partial charge in [0, 0.05) is 42.9 Å². The molecule has 0 saturated carbocycles. The molecular weight excluding hydrogens is 685 g/mol. The Hall–Kier alpha value is -3.77. The van der Waals surface area contributed by atoms with Gasteiger partial charge in [0.25, 0.3) is 0 Å². The lowest BCUT2D eigenvalue weighted by Crippen LogP contribution is -2.04. The molecule has 0 spiro atoms. The maximum absolute atomic E-state index is 12.9. The Kier molecular flexibility index (Phi) is 11.1. The summed E-state index contributed by atoms with van der Waals surface area (Å²) in [7, 11) is 0. The van der Waals surface area contributed by atoms with E-state index in [-0.39, 0.29) is 16.5 Å². The van der Waals surface area contributed by atoms with Crippen LogP contribution < -0.4 is 10.1 Å². The van der Waals surface area contributed by atoms with E-state index in [1.807, 2.05) is 33.7 Å². The summed E-state index contributed by atoms with van der Waals surface area (Å²) in [6.07, 6.45) is 4.07. The molecule has 0 bridgehead atoms. The number of anilines is 2. The Morgan fingerprint density at radius 1 is 0.761 bits per heavy atom. The smallest absolute Gasteiger partial charge is 0.416 e. The van der Waals surface area contributed by atoms with Gasteiger partial charge in [-0.1, -0.05) is 29.3 Å². The van der Waals surface area contributed by atoms with E-state index in [4.69, 9.17) is 51.1 Å². The molecule has 6 rings (SSSR count). The first-order valence-electron chi connectivity index (χ1n) is 14.0. The topological polar surface area (TPSA) is 82.7 Å². The molecule has 0 amide bonds. The Morgan fingerprint density at radius 3 is 2.07 bits per heavy atom. The molecule has 4 heterocycles. The number of rotatable bonds is 10. The molecule has 0 aliphatic carbocycles.